The Morgan fingerprint density at radius 2 is 2.14 bits per heavy atom. The fourth-order valence-electron chi connectivity index (χ4n) is 2.75. The van der Waals surface area contributed by atoms with Gasteiger partial charge < -0.3 is 15.5 Å². The van der Waals surface area contributed by atoms with Gasteiger partial charge in [0.1, 0.15) is 0 Å². The fourth-order valence-corrected chi connectivity index (χ4v) is 2.75. The summed E-state index contributed by atoms with van der Waals surface area (Å²) in [5.41, 5.74) is 2.58. The second-order valence-corrected chi connectivity index (χ2v) is 5.78. The van der Waals surface area contributed by atoms with Gasteiger partial charge in [0.05, 0.1) is 6.54 Å². The first kappa shape index (κ1) is 15.8. The van der Waals surface area contributed by atoms with Crippen LogP contribution in [0.3, 0.4) is 0 Å². The molecule has 1 aliphatic heterocycles. The van der Waals surface area contributed by atoms with Gasteiger partial charge >= 0.3 is 0 Å². The molecule has 1 saturated heterocycles. The molecule has 0 radical (unpaired) electrons. The number of benzene rings is 1. The average molecular weight is 288 g/mol. The third kappa shape index (κ3) is 4.74. The molecule has 1 unspecified atom stereocenters. The van der Waals surface area contributed by atoms with E-state index in [-0.39, 0.29) is 0 Å². The molecule has 0 aliphatic carbocycles. The minimum atomic E-state index is 0.632. The molecular weight excluding hydrogens is 260 g/mol. The fraction of sp³-hybridized carbons (Fsp3) is 0.588. The summed E-state index contributed by atoms with van der Waals surface area (Å²) in [6.45, 7) is 8.04. The van der Waals surface area contributed by atoms with E-state index in [1.165, 1.54) is 30.5 Å². The monoisotopic (exact) mass is 288 g/mol. The van der Waals surface area contributed by atoms with Crippen molar-refractivity contribution in [2.75, 3.05) is 26.7 Å². The second kappa shape index (κ2) is 8.03. The minimum Gasteiger partial charge on any atom is -0.357 e. The molecule has 1 aliphatic rings. The highest BCUT2D eigenvalue weighted by Crippen LogP contribution is 2.13. The van der Waals surface area contributed by atoms with Crippen LogP contribution < -0.4 is 10.6 Å². The zero-order valence-electron chi connectivity index (χ0n) is 13.5. The van der Waals surface area contributed by atoms with Crippen molar-refractivity contribution in [2.24, 2.45) is 4.99 Å². The van der Waals surface area contributed by atoms with E-state index >= 15 is 0 Å². The molecule has 1 heterocycles. The number of nitrogens with zero attached hydrogens (tertiary/aromatic N) is 2. The maximum atomic E-state index is 4.71. The number of likely N-dealkylation sites (N-methyl/N-ethyl adjacent to an activating group) is 1. The molecule has 21 heavy (non-hydrogen) atoms. The van der Waals surface area contributed by atoms with Crippen LogP contribution in [0.15, 0.2) is 29.3 Å². The van der Waals surface area contributed by atoms with Gasteiger partial charge in [0.2, 0.25) is 0 Å². The Morgan fingerprint density at radius 3 is 2.81 bits per heavy atom. The van der Waals surface area contributed by atoms with Crippen molar-refractivity contribution >= 4 is 5.96 Å². The van der Waals surface area contributed by atoms with Crippen LogP contribution in [0.1, 0.15) is 30.9 Å². The standard InChI is InChI=1S/C17H28N4/c1-4-18-17(20-13-16-10-7-11-21(16)3)19-12-15-9-6-5-8-14(15)2/h5-6,8-9,16H,4,7,10-13H2,1-3H3,(H2,18,19,20). The number of hydrogen-bond donors (Lipinski definition) is 2. The smallest absolute Gasteiger partial charge is 0.191 e. The van der Waals surface area contributed by atoms with Crippen LogP contribution in [-0.2, 0) is 6.54 Å². The van der Waals surface area contributed by atoms with E-state index in [9.17, 15) is 0 Å². The Labute approximate surface area is 128 Å². The molecular formula is C17H28N4. The van der Waals surface area contributed by atoms with Gasteiger partial charge in [0, 0.05) is 19.1 Å². The SMILES string of the molecule is CCNC(=NCc1ccccc1C)NCC1CCCN1C. The summed E-state index contributed by atoms with van der Waals surface area (Å²) in [7, 11) is 2.21. The second-order valence-electron chi connectivity index (χ2n) is 5.78. The molecule has 1 atom stereocenters. The molecule has 0 saturated carbocycles. The Bertz CT molecular complexity index is 470. The Morgan fingerprint density at radius 1 is 1.33 bits per heavy atom. The number of rotatable bonds is 5. The van der Waals surface area contributed by atoms with E-state index < -0.39 is 0 Å². The van der Waals surface area contributed by atoms with Crippen LogP contribution in [0, 0.1) is 6.92 Å². The molecule has 4 nitrogen and oxygen atoms in total. The number of guanidine groups is 1. The first-order valence-corrected chi connectivity index (χ1v) is 7.97. The lowest BCUT2D eigenvalue weighted by atomic mass is 10.1. The van der Waals surface area contributed by atoms with Gasteiger partial charge in [-0.2, -0.15) is 0 Å². The topological polar surface area (TPSA) is 39.7 Å². The lowest BCUT2D eigenvalue weighted by Gasteiger charge is -2.21. The van der Waals surface area contributed by atoms with Gasteiger partial charge in [0.15, 0.2) is 5.96 Å². The maximum absolute atomic E-state index is 4.71. The molecule has 0 aromatic heterocycles. The zero-order valence-corrected chi connectivity index (χ0v) is 13.5. The normalized spacial score (nSPS) is 19.8. The largest absolute Gasteiger partial charge is 0.357 e. The Hall–Kier alpha value is -1.55. The summed E-state index contributed by atoms with van der Waals surface area (Å²) in [5.74, 6) is 0.918. The van der Waals surface area contributed by atoms with E-state index in [4.69, 9.17) is 4.99 Å². The number of nitrogens with one attached hydrogen (secondary N) is 2. The third-order valence-corrected chi connectivity index (χ3v) is 4.19. The minimum absolute atomic E-state index is 0.632. The lowest BCUT2D eigenvalue weighted by Crippen LogP contribution is -2.44. The maximum Gasteiger partial charge on any atom is 0.191 e. The number of likely N-dealkylation sites (tertiary alicyclic amines) is 1. The molecule has 2 N–H and O–H groups in total. The summed E-state index contributed by atoms with van der Waals surface area (Å²) in [6.07, 6.45) is 2.58. The van der Waals surface area contributed by atoms with Gasteiger partial charge in [-0.15, -0.1) is 0 Å². The molecule has 1 fully saturated rings. The molecule has 2 rings (SSSR count). The Kier molecular flexibility index (Phi) is 6.05. The molecule has 0 spiro atoms. The van der Waals surface area contributed by atoms with E-state index in [1.807, 2.05) is 0 Å². The first-order valence-electron chi connectivity index (χ1n) is 7.97. The summed E-state index contributed by atoms with van der Waals surface area (Å²) in [5, 5.41) is 6.81. The number of aryl methyl sites for hydroxylation is 1. The summed E-state index contributed by atoms with van der Waals surface area (Å²) in [6, 6.07) is 9.06. The molecule has 0 amide bonds. The van der Waals surface area contributed by atoms with Gasteiger partial charge in [0.25, 0.3) is 0 Å². The highest BCUT2D eigenvalue weighted by atomic mass is 15.2. The van der Waals surface area contributed by atoms with Crippen molar-refractivity contribution in [2.45, 2.75) is 39.3 Å². The Balaban J connectivity index is 1.91. The van der Waals surface area contributed by atoms with Crippen LogP contribution >= 0.6 is 0 Å². The van der Waals surface area contributed by atoms with Crippen molar-refractivity contribution < 1.29 is 0 Å². The molecule has 1 aromatic rings. The van der Waals surface area contributed by atoms with Gasteiger partial charge in [-0.25, -0.2) is 4.99 Å². The highest BCUT2D eigenvalue weighted by Gasteiger charge is 2.20. The molecule has 0 bridgehead atoms. The molecule has 116 valence electrons. The lowest BCUT2D eigenvalue weighted by molar-refractivity contribution is 0.309. The van der Waals surface area contributed by atoms with Crippen molar-refractivity contribution in [3.8, 4) is 0 Å². The molecule has 1 aromatic carbocycles. The average Bonchev–Trinajstić information content (AvgIpc) is 2.89. The van der Waals surface area contributed by atoms with Crippen molar-refractivity contribution in [1.29, 1.82) is 0 Å². The van der Waals surface area contributed by atoms with Gasteiger partial charge in [-0.3, -0.25) is 0 Å². The summed E-state index contributed by atoms with van der Waals surface area (Å²) < 4.78 is 0. The van der Waals surface area contributed by atoms with Crippen LogP contribution in [0.5, 0.6) is 0 Å². The molecule has 4 heteroatoms. The van der Waals surface area contributed by atoms with E-state index in [0.29, 0.717) is 6.04 Å². The predicted molar refractivity (Wildman–Crippen MR) is 89.6 cm³/mol. The van der Waals surface area contributed by atoms with Crippen molar-refractivity contribution in [3.63, 3.8) is 0 Å². The summed E-state index contributed by atoms with van der Waals surface area (Å²) in [4.78, 5) is 7.13. The van der Waals surface area contributed by atoms with Crippen LogP contribution in [-0.4, -0.2) is 43.6 Å². The summed E-state index contributed by atoms with van der Waals surface area (Å²) >= 11 is 0. The number of hydrogen-bond acceptors (Lipinski definition) is 2. The predicted octanol–water partition coefficient (Wildman–Crippen LogP) is 2.14. The van der Waals surface area contributed by atoms with E-state index in [1.54, 1.807) is 0 Å². The van der Waals surface area contributed by atoms with Crippen molar-refractivity contribution in [1.82, 2.24) is 15.5 Å². The van der Waals surface area contributed by atoms with Crippen LogP contribution in [0.4, 0.5) is 0 Å². The third-order valence-electron chi connectivity index (χ3n) is 4.19. The first-order chi connectivity index (χ1) is 10.2. The van der Waals surface area contributed by atoms with Gasteiger partial charge in [-0.05, 0) is 51.4 Å². The van der Waals surface area contributed by atoms with Crippen LogP contribution in [0.25, 0.3) is 0 Å². The van der Waals surface area contributed by atoms with Crippen LogP contribution in [0.2, 0.25) is 0 Å². The number of aliphatic imine (C=N–C) groups is 1. The van der Waals surface area contributed by atoms with Crippen molar-refractivity contribution in [3.05, 3.63) is 35.4 Å². The zero-order chi connectivity index (χ0) is 15.1. The highest BCUT2D eigenvalue weighted by molar-refractivity contribution is 5.79. The van der Waals surface area contributed by atoms with E-state index in [0.717, 1.165) is 25.6 Å². The van der Waals surface area contributed by atoms with Gasteiger partial charge in [-0.1, -0.05) is 24.3 Å². The quantitative estimate of drug-likeness (QED) is 0.644. The van der Waals surface area contributed by atoms with E-state index in [2.05, 4.69) is 60.7 Å².